The van der Waals surface area contributed by atoms with Crippen LogP contribution in [-0.4, -0.2) is 43.7 Å². The van der Waals surface area contributed by atoms with E-state index in [4.69, 9.17) is 9.47 Å². The molecule has 0 radical (unpaired) electrons. The van der Waals surface area contributed by atoms with Gasteiger partial charge in [-0.1, -0.05) is 30.3 Å². The topological polar surface area (TPSA) is 68.1 Å². The number of methoxy groups -OCH3 is 2. The van der Waals surface area contributed by atoms with Gasteiger partial charge in [-0.05, 0) is 29.3 Å². The molecular weight excluding hydrogens is 531 g/mol. The maximum Gasteiger partial charge on any atom is 0.250 e. The molecule has 0 aliphatic heterocycles. The Morgan fingerprint density at radius 1 is 1.03 bits per heavy atom. The summed E-state index contributed by atoms with van der Waals surface area (Å²) < 4.78 is 12.5. The maximum atomic E-state index is 11.9. The molecule has 7 nitrogen and oxygen atoms in total. The average Bonchev–Trinajstić information content (AvgIpc) is 2.82. The van der Waals surface area contributed by atoms with Gasteiger partial charge in [-0.25, -0.2) is 0 Å². The summed E-state index contributed by atoms with van der Waals surface area (Å²) in [5, 5.41) is 3.40. The molecular formula is C25H31IN4O3. The number of rotatable bonds is 8. The number of hydrogen-bond donors (Lipinski definition) is 1. The number of pyridine rings is 1. The Labute approximate surface area is 212 Å². The molecule has 176 valence electrons. The van der Waals surface area contributed by atoms with Crippen LogP contribution in [0.2, 0.25) is 0 Å². The monoisotopic (exact) mass is 562 g/mol. The summed E-state index contributed by atoms with van der Waals surface area (Å²) >= 11 is 0. The normalized spacial score (nSPS) is 10.8. The lowest BCUT2D eigenvalue weighted by molar-refractivity contribution is 0.382. The standard InChI is InChI=1S/C25H30N4O3.HI/c1-26-25(28(2)18-21-12-13-22(31-3)15-23(21)32-4)27-16-19-8-10-20(11-9-19)17-29-14-6-5-7-24(29)30;/h5-15H,16-18H2,1-4H3,(H,26,27);1H. The van der Waals surface area contributed by atoms with Crippen molar-refractivity contribution in [2.75, 3.05) is 28.3 Å². The second kappa shape index (κ2) is 12.9. The molecule has 0 unspecified atom stereocenters. The highest BCUT2D eigenvalue weighted by Gasteiger charge is 2.11. The Hall–Kier alpha value is -3.01. The molecule has 0 atom stereocenters. The molecule has 1 heterocycles. The van der Waals surface area contributed by atoms with Crippen molar-refractivity contribution < 1.29 is 9.47 Å². The van der Waals surface area contributed by atoms with E-state index >= 15 is 0 Å². The predicted octanol–water partition coefficient (Wildman–Crippen LogP) is 3.74. The first-order valence-electron chi connectivity index (χ1n) is 10.4. The highest BCUT2D eigenvalue weighted by atomic mass is 127. The lowest BCUT2D eigenvalue weighted by Crippen LogP contribution is -2.38. The second-order valence-corrected chi connectivity index (χ2v) is 7.42. The van der Waals surface area contributed by atoms with Gasteiger partial charge in [0.2, 0.25) is 0 Å². The van der Waals surface area contributed by atoms with Gasteiger partial charge in [-0.3, -0.25) is 9.79 Å². The molecule has 3 aromatic rings. The summed E-state index contributed by atoms with van der Waals surface area (Å²) in [5.41, 5.74) is 3.25. The first-order chi connectivity index (χ1) is 15.5. The zero-order valence-electron chi connectivity index (χ0n) is 19.4. The number of nitrogens with zero attached hydrogens (tertiary/aromatic N) is 3. The average molecular weight is 562 g/mol. The van der Waals surface area contributed by atoms with Crippen LogP contribution in [0.4, 0.5) is 0 Å². The molecule has 0 spiro atoms. The number of nitrogens with one attached hydrogen (secondary N) is 1. The highest BCUT2D eigenvalue weighted by Crippen LogP contribution is 2.25. The molecule has 0 aliphatic carbocycles. The van der Waals surface area contributed by atoms with Gasteiger partial charge in [0.25, 0.3) is 5.56 Å². The fraction of sp³-hybridized carbons (Fsp3) is 0.280. The molecule has 0 bridgehead atoms. The van der Waals surface area contributed by atoms with Crippen LogP contribution in [-0.2, 0) is 19.6 Å². The van der Waals surface area contributed by atoms with E-state index in [9.17, 15) is 4.79 Å². The molecule has 0 amide bonds. The van der Waals surface area contributed by atoms with Crippen LogP contribution in [0, 0.1) is 0 Å². The third-order valence-corrected chi connectivity index (χ3v) is 5.20. The van der Waals surface area contributed by atoms with Crippen molar-refractivity contribution in [1.29, 1.82) is 0 Å². The van der Waals surface area contributed by atoms with Crippen molar-refractivity contribution in [2.45, 2.75) is 19.6 Å². The molecule has 0 saturated carbocycles. The Kier molecular flexibility index (Phi) is 10.2. The second-order valence-electron chi connectivity index (χ2n) is 7.42. The largest absolute Gasteiger partial charge is 0.497 e. The molecule has 1 aromatic heterocycles. The van der Waals surface area contributed by atoms with Gasteiger partial charge >= 0.3 is 0 Å². The van der Waals surface area contributed by atoms with E-state index in [1.165, 1.54) is 0 Å². The molecule has 0 saturated heterocycles. The molecule has 1 N–H and O–H groups in total. The lowest BCUT2D eigenvalue weighted by Gasteiger charge is -2.23. The molecule has 2 aromatic carbocycles. The fourth-order valence-electron chi connectivity index (χ4n) is 3.43. The maximum absolute atomic E-state index is 11.9. The van der Waals surface area contributed by atoms with E-state index in [0.717, 1.165) is 34.1 Å². The quantitative estimate of drug-likeness (QED) is 0.258. The summed E-state index contributed by atoms with van der Waals surface area (Å²) in [7, 11) is 7.05. The van der Waals surface area contributed by atoms with Crippen LogP contribution < -0.4 is 20.3 Å². The summed E-state index contributed by atoms with van der Waals surface area (Å²) in [6.45, 7) is 1.83. The lowest BCUT2D eigenvalue weighted by atomic mass is 10.1. The van der Waals surface area contributed by atoms with Gasteiger partial charge in [0.05, 0.1) is 20.8 Å². The molecule has 0 fully saturated rings. The van der Waals surface area contributed by atoms with E-state index in [1.54, 1.807) is 44.2 Å². The smallest absolute Gasteiger partial charge is 0.250 e. The number of guanidine groups is 1. The summed E-state index contributed by atoms with van der Waals surface area (Å²) in [5.74, 6) is 2.32. The van der Waals surface area contributed by atoms with E-state index in [2.05, 4.69) is 22.4 Å². The van der Waals surface area contributed by atoms with Gasteiger partial charge in [-0.15, -0.1) is 24.0 Å². The molecule has 8 heteroatoms. The van der Waals surface area contributed by atoms with Crippen LogP contribution in [0.25, 0.3) is 0 Å². The summed E-state index contributed by atoms with van der Waals surface area (Å²) in [4.78, 5) is 18.3. The number of aliphatic imine (C=N–C) groups is 1. The zero-order valence-corrected chi connectivity index (χ0v) is 21.8. The molecule has 3 rings (SSSR count). The number of ether oxygens (including phenoxy) is 2. The van der Waals surface area contributed by atoms with Gasteiger partial charge in [0, 0.05) is 51.1 Å². The van der Waals surface area contributed by atoms with E-state index in [1.807, 2.05) is 48.3 Å². The summed E-state index contributed by atoms with van der Waals surface area (Å²) in [6, 6.07) is 19.2. The first-order valence-corrected chi connectivity index (χ1v) is 10.4. The Morgan fingerprint density at radius 2 is 1.76 bits per heavy atom. The summed E-state index contributed by atoms with van der Waals surface area (Å²) in [6.07, 6.45) is 1.80. The molecule has 0 aliphatic rings. The molecule has 33 heavy (non-hydrogen) atoms. The SMILES string of the molecule is CN=C(NCc1ccc(Cn2ccccc2=O)cc1)N(C)Cc1ccc(OC)cc1OC.I. The number of halogens is 1. The van der Waals surface area contributed by atoms with Crippen LogP contribution >= 0.6 is 24.0 Å². The van der Waals surface area contributed by atoms with Crippen molar-refractivity contribution in [3.63, 3.8) is 0 Å². The third kappa shape index (κ3) is 7.24. The minimum absolute atomic E-state index is 0. The first kappa shape index (κ1) is 26.2. The van der Waals surface area contributed by atoms with Crippen LogP contribution in [0.1, 0.15) is 16.7 Å². The Bertz CT molecular complexity index is 1110. The van der Waals surface area contributed by atoms with Crippen molar-refractivity contribution in [3.05, 3.63) is 93.9 Å². The number of aromatic nitrogens is 1. The Balaban J connectivity index is 0.00000385. The minimum atomic E-state index is -0.00132. The van der Waals surface area contributed by atoms with Crippen LogP contribution in [0.15, 0.2) is 76.6 Å². The van der Waals surface area contributed by atoms with Crippen molar-refractivity contribution in [1.82, 2.24) is 14.8 Å². The Morgan fingerprint density at radius 3 is 2.39 bits per heavy atom. The van der Waals surface area contributed by atoms with E-state index in [-0.39, 0.29) is 29.5 Å². The number of benzene rings is 2. The van der Waals surface area contributed by atoms with Gasteiger partial charge in [0.15, 0.2) is 5.96 Å². The van der Waals surface area contributed by atoms with E-state index in [0.29, 0.717) is 19.6 Å². The third-order valence-electron chi connectivity index (χ3n) is 5.20. The van der Waals surface area contributed by atoms with Crippen LogP contribution in [0.5, 0.6) is 11.5 Å². The van der Waals surface area contributed by atoms with Gasteiger partial charge in [-0.2, -0.15) is 0 Å². The van der Waals surface area contributed by atoms with Gasteiger partial charge in [0.1, 0.15) is 11.5 Å². The predicted molar refractivity (Wildman–Crippen MR) is 143 cm³/mol. The zero-order chi connectivity index (χ0) is 22.9. The van der Waals surface area contributed by atoms with Crippen molar-refractivity contribution >= 4 is 29.9 Å². The van der Waals surface area contributed by atoms with Crippen LogP contribution in [0.3, 0.4) is 0 Å². The van der Waals surface area contributed by atoms with E-state index < -0.39 is 0 Å². The van der Waals surface area contributed by atoms with Gasteiger partial charge < -0.3 is 24.3 Å². The van der Waals surface area contributed by atoms with Crippen molar-refractivity contribution in [3.8, 4) is 11.5 Å². The van der Waals surface area contributed by atoms with Crippen molar-refractivity contribution in [2.24, 2.45) is 4.99 Å². The minimum Gasteiger partial charge on any atom is -0.497 e. The fourth-order valence-corrected chi connectivity index (χ4v) is 3.43. The number of hydrogen-bond acceptors (Lipinski definition) is 4. The highest BCUT2D eigenvalue weighted by molar-refractivity contribution is 14.0.